The van der Waals surface area contributed by atoms with Crippen molar-refractivity contribution in [1.29, 1.82) is 0 Å². The summed E-state index contributed by atoms with van der Waals surface area (Å²) >= 11 is 0. The predicted octanol–water partition coefficient (Wildman–Crippen LogP) is 1.71. The predicted molar refractivity (Wildman–Crippen MR) is 118 cm³/mol. The maximum atomic E-state index is 12.7. The summed E-state index contributed by atoms with van der Waals surface area (Å²) in [6.45, 7) is 1.67. The van der Waals surface area contributed by atoms with E-state index in [4.69, 9.17) is 9.47 Å². The van der Waals surface area contributed by atoms with Crippen LogP contribution in [0.3, 0.4) is 0 Å². The minimum Gasteiger partial charge on any atom is -0.497 e. The van der Waals surface area contributed by atoms with Crippen LogP contribution in [0.5, 0.6) is 5.75 Å². The van der Waals surface area contributed by atoms with Crippen LogP contribution in [-0.4, -0.2) is 64.5 Å². The van der Waals surface area contributed by atoms with Crippen molar-refractivity contribution in [2.45, 2.75) is 11.3 Å². The number of morpholine rings is 1. The fraction of sp³-hybridized carbons (Fsp3) is 0.364. The summed E-state index contributed by atoms with van der Waals surface area (Å²) in [5.74, 6) is -0.212. The van der Waals surface area contributed by atoms with E-state index in [0.29, 0.717) is 43.4 Å². The van der Waals surface area contributed by atoms with Crippen molar-refractivity contribution >= 4 is 33.2 Å². The van der Waals surface area contributed by atoms with E-state index in [1.807, 2.05) is 0 Å². The maximum absolute atomic E-state index is 12.7. The zero-order valence-electron chi connectivity index (χ0n) is 17.7. The van der Waals surface area contributed by atoms with Gasteiger partial charge in [0.05, 0.1) is 31.1 Å². The second kappa shape index (κ2) is 9.27. The molecular formula is C22H25N3O6S. The Labute approximate surface area is 187 Å². The molecule has 2 aliphatic rings. The molecule has 2 aromatic carbocycles. The third-order valence-corrected chi connectivity index (χ3v) is 7.52. The van der Waals surface area contributed by atoms with Gasteiger partial charge >= 0.3 is 0 Å². The molecule has 0 saturated carbocycles. The first kappa shape index (κ1) is 22.3. The van der Waals surface area contributed by atoms with Crippen LogP contribution in [0.25, 0.3) is 0 Å². The highest BCUT2D eigenvalue weighted by Gasteiger charge is 2.35. The standard InChI is InChI=1S/C22H25N3O6S/c1-30-19-6-4-18(5-7-19)25-15-16(14-21(25)26)22(27)23-17-2-8-20(9-3-17)32(28,29)24-10-12-31-13-11-24/h2-9,16H,10-15H2,1H3,(H,23,27)/t16-/m0/s1. The third-order valence-electron chi connectivity index (χ3n) is 5.61. The van der Waals surface area contributed by atoms with Crippen LogP contribution < -0.4 is 15.0 Å². The number of anilines is 2. The second-order valence-electron chi connectivity index (χ2n) is 7.63. The number of hydrogen-bond donors (Lipinski definition) is 1. The summed E-state index contributed by atoms with van der Waals surface area (Å²) < 4.78 is 37.2. The van der Waals surface area contributed by atoms with Crippen LogP contribution in [-0.2, 0) is 24.3 Å². The van der Waals surface area contributed by atoms with E-state index in [-0.39, 0.29) is 29.7 Å². The molecule has 0 radical (unpaired) electrons. The Morgan fingerprint density at radius 1 is 1.06 bits per heavy atom. The van der Waals surface area contributed by atoms with Gasteiger partial charge in [-0.3, -0.25) is 9.59 Å². The summed E-state index contributed by atoms with van der Waals surface area (Å²) in [6, 6.07) is 13.2. The van der Waals surface area contributed by atoms with Crippen molar-refractivity contribution in [1.82, 2.24) is 4.31 Å². The largest absolute Gasteiger partial charge is 0.497 e. The van der Waals surface area contributed by atoms with Gasteiger partial charge in [-0.1, -0.05) is 0 Å². The summed E-state index contributed by atoms with van der Waals surface area (Å²) in [5.41, 5.74) is 1.19. The molecule has 32 heavy (non-hydrogen) atoms. The van der Waals surface area contributed by atoms with Crippen molar-refractivity contribution in [3.05, 3.63) is 48.5 Å². The molecule has 0 spiro atoms. The first-order chi connectivity index (χ1) is 15.4. The second-order valence-corrected chi connectivity index (χ2v) is 9.57. The molecule has 1 N–H and O–H groups in total. The van der Waals surface area contributed by atoms with Crippen LogP contribution in [0, 0.1) is 5.92 Å². The van der Waals surface area contributed by atoms with Gasteiger partial charge < -0.3 is 19.7 Å². The minimum absolute atomic E-state index is 0.112. The number of nitrogens with zero attached hydrogens (tertiary/aromatic N) is 2. The van der Waals surface area contributed by atoms with E-state index in [9.17, 15) is 18.0 Å². The summed E-state index contributed by atoms with van der Waals surface area (Å²) in [5, 5.41) is 2.79. The lowest BCUT2D eigenvalue weighted by molar-refractivity contribution is -0.122. The highest BCUT2D eigenvalue weighted by atomic mass is 32.2. The number of nitrogens with one attached hydrogen (secondary N) is 1. The fourth-order valence-electron chi connectivity index (χ4n) is 3.79. The summed E-state index contributed by atoms with van der Waals surface area (Å²) in [7, 11) is -2.02. The van der Waals surface area contributed by atoms with Gasteiger partial charge in [-0.05, 0) is 48.5 Å². The van der Waals surface area contributed by atoms with Crippen LogP contribution in [0.15, 0.2) is 53.4 Å². The van der Waals surface area contributed by atoms with Gasteiger partial charge in [-0.15, -0.1) is 0 Å². The molecule has 0 aromatic heterocycles. The normalized spacial score (nSPS) is 19.7. The maximum Gasteiger partial charge on any atom is 0.243 e. The van der Waals surface area contributed by atoms with E-state index >= 15 is 0 Å². The molecule has 1 atom stereocenters. The molecule has 2 amide bonds. The molecule has 2 heterocycles. The number of carbonyl (C=O) groups excluding carboxylic acids is 2. The number of hydrogen-bond acceptors (Lipinski definition) is 6. The zero-order chi connectivity index (χ0) is 22.7. The van der Waals surface area contributed by atoms with E-state index in [2.05, 4.69) is 5.32 Å². The third kappa shape index (κ3) is 4.62. The lowest BCUT2D eigenvalue weighted by Gasteiger charge is -2.26. The quantitative estimate of drug-likeness (QED) is 0.705. The summed E-state index contributed by atoms with van der Waals surface area (Å²) in [4.78, 5) is 26.9. The average molecular weight is 460 g/mol. The van der Waals surface area contributed by atoms with Gasteiger partial charge in [0.1, 0.15) is 5.75 Å². The van der Waals surface area contributed by atoms with Gasteiger partial charge in [-0.25, -0.2) is 8.42 Å². The molecule has 10 heteroatoms. The minimum atomic E-state index is -3.59. The monoisotopic (exact) mass is 459 g/mol. The lowest BCUT2D eigenvalue weighted by Crippen LogP contribution is -2.40. The Hall–Kier alpha value is -2.95. The Morgan fingerprint density at radius 3 is 2.34 bits per heavy atom. The molecule has 4 rings (SSSR count). The number of carbonyl (C=O) groups is 2. The van der Waals surface area contributed by atoms with Crippen molar-refractivity contribution < 1.29 is 27.5 Å². The number of ether oxygens (including phenoxy) is 2. The van der Waals surface area contributed by atoms with Crippen molar-refractivity contribution in [3.63, 3.8) is 0 Å². The number of sulfonamides is 1. The topological polar surface area (TPSA) is 105 Å². The van der Waals surface area contributed by atoms with E-state index < -0.39 is 15.9 Å². The number of methoxy groups -OCH3 is 1. The van der Waals surface area contributed by atoms with E-state index in [1.54, 1.807) is 48.4 Å². The number of rotatable bonds is 6. The summed E-state index contributed by atoms with van der Waals surface area (Å²) in [6.07, 6.45) is 0.112. The highest BCUT2D eigenvalue weighted by Crippen LogP contribution is 2.28. The first-order valence-electron chi connectivity index (χ1n) is 10.3. The van der Waals surface area contributed by atoms with Gasteiger partial charge in [-0.2, -0.15) is 4.31 Å². The molecule has 0 bridgehead atoms. The fourth-order valence-corrected chi connectivity index (χ4v) is 5.19. The Kier molecular flexibility index (Phi) is 6.45. The van der Waals surface area contributed by atoms with Crippen LogP contribution in [0.2, 0.25) is 0 Å². The van der Waals surface area contributed by atoms with E-state index in [0.717, 1.165) is 0 Å². The Balaban J connectivity index is 1.39. The van der Waals surface area contributed by atoms with Crippen LogP contribution >= 0.6 is 0 Å². The van der Waals surface area contributed by atoms with Crippen molar-refractivity contribution in [2.24, 2.45) is 5.92 Å². The molecule has 170 valence electrons. The molecule has 2 aromatic rings. The highest BCUT2D eigenvalue weighted by molar-refractivity contribution is 7.89. The molecule has 2 saturated heterocycles. The lowest BCUT2D eigenvalue weighted by atomic mass is 10.1. The Bertz CT molecular complexity index is 1080. The number of amides is 2. The number of benzene rings is 2. The van der Waals surface area contributed by atoms with Crippen LogP contribution in [0.1, 0.15) is 6.42 Å². The Morgan fingerprint density at radius 2 is 1.72 bits per heavy atom. The smallest absolute Gasteiger partial charge is 0.243 e. The van der Waals surface area contributed by atoms with Crippen molar-refractivity contribution in [3.8, 4) is 5.75 Å². The molecule has 0 aliphatic carbocycles. The molecule has 0 unspecified atom stereocenters. The van der Waals surface area contributed by atoms with Crippen molar-refractivity contribution in [2.75, 3.05) is 50.2 Å². The SMILES string of the molecule is COc1ccc(N2C[C@@H](C(=O)Nc3ccc(S(=O)(=O)N4CCOCC4)cc3)CC2=O)cc1. The van der Waals surface area contributed by atoms with Gasteiger partial charge in [0, 0.05) is 37.4 Å². The molecule has 2 fully saturated rings. The molecule has 2 aliphatic heterocycles. The van der Waals surface area contributed by atoms with Gasteiger partial charge in [0.25, 0.3) is 0 Å². The molecular weight excluding hydrogens is 434 g/mol. The average Bonchev–Trinajstić information content (AvgIpc) is 3.22. The van der Waals surface area contributed by atoms with Gasteiger partial charge in [0.15, 0.2) is 0 Å². The van der Waals surface area contributed by atoms with Gasteiger partial charge in [0.2, 0.25) is 21.8 Å². The zero-order valence-corrected chi connectivity index (χ0v) is 18.5. The molecule has 9 nitrogen and oxygen atoms in total. The van der Waals surface area contributed by atoms with Crippen LogP contribution in [0.4, 0.5) is 11.4 Å². The first-order valence-corrected chi connectivity index (χ1v) is 11.8. The van der Waals surface area contributed by atoms with E-state index in [1.165, 1.54) is 16.4 Å².